The molecule has 4 aromatic rings. The Bertz CT molecular complexity index is 1540. The smallest absolute Gasteiger partial charge is 0.252 e. The molecule has 38 heavy (non-hydrogen) atoms. The molecule has 1 unspecified atom stereocenters. The summed E-state index contributed by atoms with van der Waals surface area (Å²) in [6, 6.07) is 12.4. The number of nitriles is 1. The fourth-order valence-electron chi connectivity index (χ4n) is 5.96. The van der Waals surface area contributed by atoms with Crippen LogP contribution in [0, 0.1) is 11.3 Å². The lowest BCUT2D eigenvalue weighted by molar-refractivity contribution is 0.0946. The lowest BCUT2D eigenvalue weighted by Crippen LogP contribution is -2.59. The number of aromatic nitrogens is 5. The SMILES string of the molecule is CC[C@H]1CN(C(C)c2nc3ccccc3n2CCO)[C@H](CC)CN1c1cc(=O)n(C)c2cn(CC#N)nc12. The van der Waals surface area contributed by atoms with Gasteiger partial charge < -0.3 is 19.1 Å². The minimum absolute atomic E-state index is 0.0496. The fourth-order valence-corrected chi connectivity index (χ4v) is 5.96. The average molecular weight is 517 g/mol. The zero-order valence-corrected chi connectivity index (χ0v) is 22.6. The molecule has 10 heteroatoms. The minimum Gasteiger partial charge on any atom is -0.395 e. The highest BCUT2D eigenvalue weighted by Crippen LogP contribution is 2.35. The number of piperazine rings is 1. The van der Waals surface area contributed by atoms with Crippen LogP contribution in [0.3, 0.4) is 0 Å². The van der Waals surface area contributed by atoms with Crippen LogP contribution in [-0.2, 0) is 20.1 Å². The zero-order chi connectivity index (χ0) is 27.0. The largest absolute Gasteiger partial charge is 0.395 e. The van der Waals surface area contributed by atoms with Crippen LogP contribution >= 0.6 is 0 Å². The summed E-state index contributed by atoms with van der Waals surface area (Å²) >= 11 is 0. The Labute approximate surface area is 222 Å². The molecule has 5 rings (SSSR count). The lowest BCUT2D eigenvalue weighted by Gasteiger charge is -2.49. The van der Waals surface area contributed by atoms with E-state index < -0.39 is 0 Å². The molecular formula is C28H36N8O2. The van der Waals surface area contributed by atoms with Gasteiger partial charge in [0.15, 0.2) is 0 Å². The van der Waals surface area contributed by atoms with Crippen LogP contribution in [0.15, 0.2) is 41.3 Å². The van der Waals surface area contributed by atoms with E-state index in [1.807, 2.05) is 18.2 Å². The maximum absolute atomic E-state index is 12.9. The standard InChI is InChI=1S/C28H36N8O2/c1-5-20-17-36(24-15-26(38)32(4)25-18-33(12-11-29)31-27(24)25)21(6-2)16-35(20)19(3)28-30-22-9-7-8-10-23(22)34(28)13-14-37/h7-10,15,18-21,37H,5-6,12-14,16-17H2,1-4H3/t19?,20-,21+/m1/s1. The van der Waals surface area contributed by atoms with Crippen LogP contribution in [0.25, 0.3) is 22.1 Å². The summed E-state index contributed by atoms with van der Waals surface area (Å²) in [6.07, 6.45) is 3.63. The van der Waals surface area contributed by atoms with Crippen molar-refractivity contribution in [3.63, 3.8) is 0 Å². The summed E-state index contributed by atoms with van der Waals surface area (Å²) in [6.45, 7) is 8.86. The molecule has 200 valence electrons. The van der Waals surface area contributed by atoms with Gasteiger partial charge in [0, 0.05) is 44.8 Å². The van der Waals surface area contributed by atoms with Crippen LogP contribution in [-0.4, -0.2) is 65.7 Å². The first-order chi connectivity index (χ1) is 18.4. The Balaban J connectivity index is 1.53. The summed E-state index contributed by atoms with van der Waals surface area (Å²) in [5.41, 5.74) is 4.22. The number of rotatable bonds is 8. The Kier molecular flexibility index (Phi) is 7.23. The molecule has 1 aromatic carbocycles. The molecule has 1 saturated heterocycles. The van der Waals surface area contributed by atoms with Gasteiger partial charge in [-0.25, -0.2) is 4.98 Å². The molecule has 10 nitrogen and oxygen atoms in total. The van der Waals surface area contributed by atoms with E-state index in [0.717, 1.165) is 59.5 Å². The van der Waals surface area contributed by atoms with Crippen molar-refractivity contribution in [2.45, 2.75) is 64.8 Å². The van der Waals surface area contributed by atoms with Gasteiger partial charge in [-0.2, -0.15) is 10.4 Å². The van der Waals surface area contributed by atoms with Gasteiger partial charge >= 0.3 is 0 Å². The molecule has 0 saturated carbocycles. The van der Waals surface area contributed by atoms with E-state index in [2.05, 4.69) is 47.3 Å². The van der Waals surface area contributed by atoms with E-state index in [4.69, 9.17) is 10.1 Å². The number of hydrogen-bond acceptors (Lipinski definition) is 7. The number of para-hydroxylation sites is 2. The second-order valence-corrected chi connectivity index (χ2v) is 10.1. The van der Waals surface area contributed by atoms with Crippen LogP contribution in [0.5, 0.6) is 0 Å². The van der Waals surface area contributed by atoms with Gasteiger partial charge in [-0.1, -0.05) is 26.0 Å². The number of aryl methyl sites for hydroxylation is 1. The third-order valence-corrected chi connectivity index (χ3v) is 8.04. The Morgan fingerprint density at radius 1 is 1.16 bits per heavy atom. The maximum Gasteiger partial charge on any atom is 0.252 e. The molecule has 1 N–H and O–H groups in total. The van der Waals surface area contributed by atoms with Gasteiger partial charge in [0.25, 0.3) is 5.56 Å². The first-order valence-electron chi connectivity index (χ1n) is 13.4. The van der Waals surface area contributed by atoms with E-state index in [1.165, 1.54) is 0 Å². The van der Waals surface area contributed by atoms with Crippen molar-refractivity contribution in [3.8, 4) is 6.07 Å². The second kappa shape index (κ2) is 10.6. The highest BCUT2D eigenvalue weighted by molar-refractivity contribution is 5.88. The van der Waals surface area contributed by atoms with Crippen molar-refractivity contribution < 1.29 is 5.11 Å². The molecule has 4 heterocycles. The van der Waals surface area contributed by atoms with Crippen molar-refractivity contribution in [2.24, 2.45) is 7.05 Å². The molecule has 0 aliphatic carbocycles. The molecule has 1 aliphatic rings. The van der Waals surface area contributed by atoms with Gasteiger partial charge in [0.1, 0.15) is 17.9 Å². The maximum atomic E-state index is 12.9. The predicted octanol–water partition coefficient (Wildman–Crippen LogP) is 3.04. The summed E-state index contributed by atoms with van der Waals surface area (Å²) < 4.78 is 5.35. The molecule has 0 amide bonds. The van der Waals surface area contributed by atoms with Gasteiger partial charge in [0.05, 0.1) is 47.2 Å². The number of anilines is 1. The number of benzene rings is 1. The van der Waals surface area contributed by atoms with Crippen LogP contribution < -0.4 is 10.5 Å². The minimum atomic E-state index is -0.0829. The Morgan fingerprint density at radius 2 is 1.92 bits per heavy atom. The van der Waals surface area contributed by atoms with Crippen LogP contribution in [0.1, 0.15) is 45.5 Å². The molecule has 0 bridgehead atoms. The lowest BCUT2D eigenvalue weighted by atomic mass is 9.99. The first kappa shape index (κ1) is 25.9. The summed E-state index contributed by atoms with van der Waals surface area (Å²) in [4.78, 5) is 22.8. The second-order valence-electron chi connectivity index (χ2n) is 10.1. The number of imidazole rings is 1. The van der Waals surface area contributed by atoms with Gasteiger partial charge in [-0.3, -0.25) is 14.4 Å². The highest BCUT2D eigenvalue weighted by Gasteiger charge is 2.37. The van der Waals surface area contributed by atoms with E-state index in [-0.39, 0.29) is 36.8 Å². The summed E-state index contributed by atoms with van der Waals surface area (Å²) in [5, 5.41) is 23.7. The third kappa shape index (κ3) is 4.36. The van der Waals surface area contributed by atoms with E-state index in [9.17, 15) is 15.2 Å². The Morgan fingerprint density at radius 3 is 2.63 bits per heavy atom. The van der Waals surface area contributed by atoms with Crippen molar-refractivity contribution in [3.05, 3.63) is 52.7 Å². The van der Waals surface area contributed by atoms with Gasteiger partial charge in [-0.15, -0.1) is 0 Å². The molecule has 0 spiro atoms. The van der Waals surface area contributed by atoms with Gasteiger partial charge in [0.2, 0.25) is 0 Å². The van der Waals surface area contributed by atoms with Crippen LogP contribution in [0.4, 0.5) is 5.69 Å². The van der Waals surface area contributed by atoms with Crippen molar-refractivity contribution in [1.29, 1.82) is 5.26 Å². The van der Waals surface area contributed by atoms with E-state index in [0.29, 0.717) is 6.54 Å². The van der Waals surface area contributed by atoms with Crippen molar-refractivity contribution >= 4 is 27.8 Å². The van der Waals surface area contributed by atoms with Gasteiger partial charge in [-0.05, 0) is 31.9 Å². The average Bonchev–Trinajstić information content (AvgIpc) is 3.52. The van der Waals surface area contributed by atoms with E-state index >= 15 is 0 Å². The normalized spacial score (nSPS) is 19.3. The third-order valence-electron chi connectivity index (χ3n) is 8.04. The first-order valence-corrected chi connectivity index (χ1v) is 13.4. The summed E-state index contributed by atoms with van der Waals surface area (Å²) in [5.74, 6) is 0.966. The molecule has 1 aliphatic heterocycles. The highest BCUT2D eigenvalue weighted by atomic mass is 16.3. The molecule has 3 aromatic heterocycles. The Hall–Kier alpha value is -3.68. The van der Waals surface area contributed by atoms with Crippen molar-refractivity contribution in [2.75, 3.05) is 24.6 Å². The fraction of sp³-hybridized carbons (Fsp3) is 0.500. The van der Waals surface area contributed by atoms with E-state index in [1.54, 1.807) is 28.6 Å². The number of hydrogen-bond donors (Lipinski definition) is 1. The number of aliphatic hydroxyl groups excluding tert-OH is 1. The predicted molar refractivity (Wildman–Crippen MR) is 148 cm³/mol. The van der Waals surface area contributed by atoms with Crippen LogP contribution in [0.2, 0.25) is 0 Å². The molecule has 0 radical (unpaired) electrons. The number of nitrogens with zero attached hydrogens (tertiary/aromatic N) is 8. The molecule has 3 atom stereocenters. The monoisotopic (exact) mass is 516 g/mol. The molecule has 1 fully saturated rings. The number of fused-ring (bicyclic) bond motifs is 2. The quantitative estimate of drug-likeness (QED) is 0.383. The number of pyridine rings is 1. The number of aliphatic hydroxyl groups is 1. The molecular weight excluding hydrogens is 480 g/mol. The summed E-state index contributed by atoms with van der Waals surface area (Å²) in [7, 11) is 1.75. The van der Waals surface area contributed by atoms with Crippen molar-refractivity contribution in [1.82, 2.24) is 28.8 Å². The topological polar surface area (TPSA) is 108 Å². The zero-order valence-electron chi connectivity index (χ0n) is 22.6.